The maximum atomic E-state index is 12.6. The number of hydrogen-bond donors (Lipinski definition) is 3. The highest BCUT2D eigenvalue weighted by Crippen LogP contribution is 2.23. The van der Waals surface area contributed by atoms with Crippen molar-refractivity contribution in [2.24, 2.45) is 0 Å². The number of rotatable bonds is 6. The van der Waals surface area contributed by atoms with Crippen LogP contribution < -0.4 is 4.72 Å². The zero-order valence-electron chi connectivity index (χ0n) is 14.2. The molecule has 0 saturated carbocycles. The zero-order chi connectivity index (χ0) is 19.6. The van der Waals surface area contributed by atoms with Crippen molar-refractivity contribution in [3.05, 3.63) is 66.2 Å². The smallest absolute Gasteiger partial charge is 0.326 e. The minimum absolute atomic E-state index is 0.0515. The van der Waals surface area contributed by atoms with Gasteiger partial charge in [-0.1, -0.05) is 24.3 Å². The van der Waals surface area contributed by atoms with Crippen LogP contribution in [0.15, 0.2) is 64.1 Å². The number of benzene rings is 2. The summed E-state index contributed by atoms with van der Waals surface area (Å²) in [6, 6.07) is 9.59. The largest absolute Gasteiger partial charge is 0.508 e. The zero-order valence-corrected chi connectivity index (χ0v) is 15.0. The predicted octanol–water partition coefficient (Wildman–Crippen LogP) is 2.46. The van der Waals surface area contributed by atoms with Crippen molar-refractivity contribution in [2.45, 2.75) is 17.9 Å². The van der Waals surface area contributed by atoms with Gasteiger partial charge in [0.05, 0.1) is 4.90 Å². The molecule has 0 bridgehead atoms. The van der Waals surface area contributed by atoms with E-state index in [4.69, 9.17) is 4.42 Å². The number of carbonyl (C=O) groups is 1. The van der Waals surface area contributed by atoms with E-state index in [-0.39, 0.29) is 16.2 Å². The minimum Gasteiger partial charge on any atom is -0.508 e. The molecule has 140 valence electrons. The van der Waals surface area contributed by atoms with Gasteiger partial charge in [-0.25, -0.2) is 13.4 Å². The third-order valence-electron chi connectivity index (χ3n) is 3.83. The number of aryl methyl sites for hydroxylation is 1. The SMILES string of the molecule is Cc1nc(-c2ccc(S(=O)(=O)N[C@@H](C(=O)O)c3ccc(O)cc3)cc2)co1. The second-order valence-corrected chi connectivity index (χ2v) is 7.47. The fraction of sp³-hybridized carbons (Fsp3) is 0.111. The number of aliphatic carboxylic acids is 1. The fourth-order valence-corrected chi connectivity index (χ4v) is 3.63. The first-order valence-corrected chi connectivity index (χ1v) is 9.31. The maximum absolute atomic E-state index is 12.6. The monoisotopic (exact) mass is 388 g/mol. The van der Waals surface area contributed by atoms with E-state index in [9.17, 15) is 23.4 Å². The lowest BCUT2D eigenvalue weighted by Gasteiger charge is -2.15. The highest BCUT2D eigenvalue weighted by molar-refractivity contribution is 7.89. The summed E-state index contributed by atoms with van der Waals surface area (Å²) in [5.74, 6) is -0.926. The molecular weight excluding hydrogens is 372 g/mol. The molecule has 0 saturated heterocycles. The first-order chi connectivity index (χ1) is 12.8. The van der Waals surface area contributed by atoms with Gasteiger partial charge in [0, 0.05) is 12.5 Å². The molecule has 0 aliphatic rings. The van der Waals surface area contributed by atoms with Crippen molar-refractivity contribution in [3.8, 4) is 17.0 Å². The first-order valence-electron chi connectivity index (χ1n) is 7.83. The first kappa shape index (κ1) is 18.6. The summed E-state index contributed by atoms with van der Waals surface area (Å²) in [5.41, 5.74) is 1.43. The van der Waals surface area contributed by atoms with Gasteiger partial charge in [0.25, 0.3) is 0 Å². The minimum atomic E-state index is -4.09. The number of nitrogens with zero attached hydrogens (tertiary/aromatic N) is 1. The summed E-state index contributed by atoms with van der Waals surface area (Å²) >= 11 is 0. The van der Waals surface area contributed by atoms with Gasteiger partial charge in [0.15, 0.2) is 5.89 Å². The summed E-state index contributed by atoms with van der Waals surface area (Å²) in [4.78, 5) is 15.6. The summed E-state index contributed by atoms with van der Waals surface area (Å²) in [5, 5.41) is 18.7. The Bertz CT molecular complexity index is 1060. The standard InChI is InChI=1S/C18H16N2O6S/c1-11-19-16(10-26-11)12-4-8-15(9-5-12)27(24,25)20-17(18(22)23)13-2-6-14(21)7-3-13/h2-10,17,20-21H,1H3,(H,22,23)/t17-/m1/s1. The van der Waals surface area contributed by atoms with Crippen LogP contribution in [-0.4, -0.2) is 29.6 Å². The van der Waals surface area contributed by atoms with Gasteiger partial charge < -0.3 is 14.6 Å². The van der Waals surface area contributed by atoms with E-state index in [0.29, 0.717) is 17.1 Å². The Morgan fingerprint density at radius 2 is 1.74 bits per heavy atom. The Hall–Kier alpha value is -3.17. The van der Waals surface area contributed by atoms with Crippen molar-refractivity contribution in [2.75, 3.05) is 0 Å². The maximum Gasteiger partial charge on any atom is 0.326 e. The molecule has 1 atom stereocenters. The number of aromatic nitrogens is 1. The number of phenols is 1. The Balaban J connectivity index is 1.86. The molecule has 27 heavy (non-hydrogen) atoms. The summed E-state index contributed by atoms with van der Waals surface area (Å²) < 4.78 is 32.5. The quantitative estimate of drug-likeness (QED) is 0.591. The fourth-order valence-electron chi connectivity index (χ4n) is 2.45. The molecule has 0 aliphatic heterocycles. The van der Waals surface area contributed by atoms with E-state index in [1.165, 1.54) is 42.7 Å². The van der Waals surface area contributed by atoms with Crippen molar-refractivity contribution >= 4 is 16.0 Å². The van der Waals surface area contributed by atoms with Crippen LogP contribution in [0.3, 0.4) is 0 Å². The van der Waals surface area contributed by atoms with Crippen molar-refractivity contribution in [3.63, 3.8) is 0 Å². The molecule has 8 nitrogen and oxygen atoms in total. The number of sulfonamides is 1. The van der Waals surface area contributed by atoms with Crippen LogP contribution in [0.4, 0.5) is 0 Å². The number of hydrogen-bond acceptors (Lipinski definition) is 6. The molecule has 0 radical (unpaired) electrons. The number of oxazole rings is 1. The Morgan fingerprint density at radius 3 is 2.26 bits per heavy atom. The molecule has 2 aromatic carbocycles. The average Bonchev–Trinajstić information content (AvgIpc) is 3.07. The molecule has 0 fully saturated rings. The molecule has 0 spiro atoms. The molecule has 9 heteroatoms. The van der Waals surface area contributed by atoms with E-state index in [2.05, 4.69) is 9.71 Å². The molecule has 3 rings (SSSR count). The van der Waals surface area contributed by atoms with Crippen LogP contribution in [0.1, 0.15) is 17.5 Å². The number of carboxylic acids is 1. The Kier molecular flexibility index (Phi) is 4.98. The lowest BCUT2D eigenvalue weighted by molar-refractivity contribution is -0.139. The van der Waals surface area contributed by atoms with Crippen LogP contribution in [0, 0.1) is 6.92 Å². The van der Waals surface area contributed by atoms with Crippen LogP contribution in [0.5, 0.6) is 5.75 Å². The number of aromatic hydroxyl groups is 1. The topological polar surface area (TPSA) is 130 Å². The number of phenolic OH excluding ortho intramolecular Hbond substituents is 1. The molecule has 1 heterocycles. The molecule has 0 amide bonds. The van der Waals surface area contributed by atoms with Crippen LogP contribution in [0.2, 0.25) is 0 Å². The number of carboxylic acid groups (broad SMARTS) is 1. The lowest BCUT2D eigenvalue weighted by atomic mass is 10.1. The highest BCUT2D eigenvalue weighted by Gasteiger charge is 2.27. The van der Waals surface area contributed by atoms with Crippen molar-refractivity contribution in [1.82, 2.24) is 9.71 Å². The Morgan fingerprint density at radius 1 is 1.11 bits per heavy atom. The van der Waals surface area contributed by atoms with E-state index < -0.39 is 22.0 Å². The highest BCUT2D eigenvalue weighted by atomic mass is 32.2. The van der Waals surface area contributed by atoms with E-state index in [1.54, 1.807) is 19.1 Å². The van der Waals surface area contributed by atoms with Gasteiger partial charge in [-0.05, 0) is 29.8 Å². The molecule has 0 unspecified atom stereocenters. The van der Waals surface area contributed by atoms with Crippen molar-refractivity contribution in [1.29, 1.82) is 0 Å². The van der Waals surface area contributed by atoms with Gasteiger partial charge in [-0.2, -0.15) is 4.72 Å². The molecule has 3 aromatic rings. The summed E-state index contributed by atoms with van der Waals surface area (Å²) in [6.45, 7) is 1.70. The number of nitrogens with one attached hydrogen (secondary N) is 1. The summed E-state index contributed by atoms with van der Waals surface area (Å²) in [7, 11) is -4.09. The normalized spacial score (nSPS) is 12.6. The molecule has 1 aromatic heterocycles. The van der Waals surface area contributed by atoms with Crippen LogP contribution in [0.25, 0.3) is 11.3 Å². The van der Waals surface area contributed by atoms with Gasteiger partial charge in [0.1, 0.15) is 23.7 Å². The van der Waals surface area contributed by atoms with Gasteiger partial charge in [-0.15, -0.1) is 0 Å². The van der Waals surface area contributed by atoms with Crippen molar-refractivity contribution < 1.29 is 27.8 Å². The van der Waals surface area contributed by atoms with Gasteiger partial charge in [0.2, 0.25) is 10.0 Å². The van der Waals surface area contributed by atoms with Gasteiger partial charge >= 0.3 is 5.97 Å². The summed E-state index contributed by atoms with van der Waals surface area (Å²) in [6.07, 6.45) is 1.46. The third kappa shape index (κ3) is 4.15. The van der Waals surface area contributed by atoms with E-state index in [0.717, 1.165) is 0 Å². The third-order valence-corrected chi connectivity index (χ3v) is 5.26. The Labute approximate surface area is 155 Å². The average molecular weight is 388 g/mol. The second kappa shape index (κ2) is 7.22. The van der Waals surface area contributed by atoms with E-state index >= 15 is 0 Å². The van der Waals surface area contributed by atoms with E-state index in [1.807, 2.05) is 0 Å². The van der Waals surface area contributed by atoms with Crippen LogP contribution >= 0.6 is 0 Å². The molecule has 0 aliphatic carbocycles. The van der Waals surface area contributed by atoms with Crippen LogP contribution in [-0.2, 0) is 14.8 Å². The van der Waals surface area contributed by atoms with Gasteiger partial charge in [-0.3, -0.25) is 4.79 Å². The molecule has 3 N–H and O–H groups in total. The second-order valence-electron chi connectivity index (χ2n) is 5.76. The predicted molar refractivity (Wildman–Crippen MR) is 95.5 cm³/mol. The lowest BCUT2D eigenvalue weighted by Crippen LogP contribution is -2.33. The molecular formula is C18H16N2O6S.